The van der Waals surface area contributed by atoms with Crippen LogP contribution in [0.4, 0.5) is 4.39 Å². The molecule has 4 atom stereocenters. The van der Waals surface area contributed by atoms with Gasteiger partial charge in [0.05, 0.1) is 26.4 Å². The van der Waals surface area contributed by atoms with Gasteiger partial charge in [-0.1, -0.05) is 31.9 Å². The number of benzene rings is 1. The fourth-order valence-electron chi connectivity index (χ4n) is 4.25. The van der Waals surface area contributed by atoms with Crippen LogP contribution in [0.25, 0.3) is 0 Å². The maximum Gasteiger partial charge on any atom is 0.331 e. The monoisotopic (exact) mass is 518 g/mol. The third-order valence-corrected chi connectivity index (χ3v) is 6.23. The molecule has 2 aromatic rings. The lowest BCUT2D eigenvalue weighted by atomic mass is 9.91. The zero-order chi connectivity index (χ0) is 26.8. The van der Waals surface area contributed by atoms with Crippen LogP contribution in [0.2, 0.25) is 0 Å². The molecule has 1 aliphatic rings. The number of esters is 1. The topological polar surface area (TPSA) is 116 Å². The number of carbonyl (C=O) groups is 2. The first-order valence-electron chi connectivity index (χ1n) is 12.5. The highest BCUT2D eigenvalue weighted by Gasteiger charge is 2.36. The van der Waals surface area contributed by atoms with Gasteiger partial charge >= 0.3 is 5.97 Å². The lowest BCUT2D eigenvalue weighted by Crippen LogP contribution is -2.46. The standard InChI is InChI=1S/C27H35FN2O7/c1-4-5-6-13-36-25-17(2)37-27(33)21(30-26(32)23-24(31)22(34-3)11-12-29-23)16-35-15-19(25)14-18-7-9-20(28)10-8-18/h7-12,17,19,21,25,31H,4-6,13-16H2,1-3H3,(H,30,32)/t17-,19-,21-,25-/m0/s1. The molecule has 1 aliphatic heterocycles. The zero-order valence-electron chi connectivity index (χ0n) is 21.4. The minimum Gasteiger partial charge on any atom is -0.503 e. The van der Waals surface area contributed by atoms with E-state index in [0.29, 0.717) is 13.0 Å². The van der Waals surface area contributed by atoms with E-state index in [9.17, 15) is 19.1 Å². The molecule has 0 bridgehead atoms. The van der Waals surface area contributed by atoms with Crippen LogP contribution in [0.5, 0.6) is 11.5 Å². The van der Waals surface area contributed by atoms with Crippen molar-refractivity contribution >= 4 is 11.9 Å². The summed E-state index contributed by atoms with van der Waals surface area (Å²) >= 11 is 0. The smallest absolute Gasteiger partial charge is 0.331 e. The van der Waals surface area contributed by atoms with Crippen molar-refractivity contribution in [2.24, 2.45) is 5.92 Å². The maximum absolute atomic E-state index is 13.4. The number of halogens is 1. The van der Waals surface area contributed by atoms with Crippen LogP contribution < -0.4 is 10.1 Å². The van der Waals surface area contributed by atoms with Crippen molar-refractivity contribution in [2.45, 2.75) is 57.8 Å². The van der Waals surface area contributed by atoms with Crippen LogP contribution in [0, 0.1) is 11.7 Å². The van der Waals surface area contributed by atoms with E-state index in [2.05, 4.69) is 17.2 Å². The lowest BCUT2D eigenvalue weighted by Gasteiger charge is -2.31. The van der Waals surface area contributed by atoms with Crippen molar-refractivity contribution in [1.82, 2.24) is 10.3 Å². The molecule has 37 heavy (non-hydrogen) atoms. The highest BCUT2D eigenvalue weighted by molar-refractivity contribution is 5.98. The Morgan fingerprint density at radius 1 is 1.22 bits per heavy atom. The molecule has 10 heteroatoms. The second-order valence-corrected chi connectivity index (χ2v) is 9.05. The minimum absolute atomic E-state index is 0.0776. The minimum atomic E-state index is -1.13. The highest BCUT2D eigenvalue weighted by atomic mass is 19.1. The Kier molecular flexibility index (Phi) is 10.6. The first-order chi connectivity index (χ1) is 17.8. The lowest BCUT2D eigenvalue weighted by molar-refractivity contribution is -0.160. The summed E-state index contributed by atoms with van der Waals surface area (Å²) in [5.41, 5.74) is 0.616. The van der Waals surface area contributed by atoms with Crippen LogP contribution in [-0.4, -0.2) is 67.1 Å². The average Bonchev–Trinajstić information content (AvgIpc) is 2.93. The van der Waals surface area contributed by atoms with Gasteiger partial charge in [-0.15, -0.1) is 0 Å². The van der Waals surface area contributed by atoms with Gasteiger partial charge in [-0.3, -0.25) is 4.79 Å². The van der Waals surface area contributed by atoms with E-state index in [0.717, 1.165) is 24.8 Å². The Morgan fingerprint density at radius 3 is 2.68 bits per heavy atom. The third kappa shape index (κ3) is 7.87. The molecule has 1 amide bonds. The molecule has 0 radical (unpaired) electrons. The summed E-state index contributed by atoms with van der Waals surface area (Å²) < 4.78 is 36.3. The number of unbranched alkanes of at least 4 members (excludes halogenated alkanes) is 2. The number of carbonyl (C=O) groups excluding carboxylic acids is 2. The van der Waals surface area contributed by atoms with E-state index in [-0.39, 0.29) is 36.4 Å². The quantitative estimate of drug-likeness (QED) is 0.363. The SMILES string of the molecule is CCCCCO[C@@H]1[C@@H](Cc2ccc(F)cc2)COC[C@H](NC(=O)c2nccc(OC)c2O)C(=O)O[C@H]1C. The normalized spacial score (nSPS) is 22.3. The van der Waals surface area contributed by atoms with E-state index in [1.807, 2.05) is 0 Å². The van der Waals surface area contributed by atoms with E-state index in [4.69, 9.17) is 18.9 Å². The number of pyridine rings is 1. The molecule has 1 aromatic carbocycles. The second kappa shape index (κ2) is 13.9. The van der Waals surface area contributed by atoms with Crippen molar-refractivity contribution in [2.75, 3.05) is 26.9 Å². The molecule has 0 saturated carbocycles. The Morgan fingerprint density at radius 2 is 1.97 bits per heavy atom. The molecule has 0 unspecified atom stereocenters. The number of hydrogen-bond acceptors (Lipinski definition) is 8. The van der Waals surface area contributed by atoms with Gasteiger partial charge in [0.15, 0.2) is 23.2 Å². The van der Waals surface area contributed by atoms with Gasteiger partial charge in [0, 0.05) is 24.8 Å². The number of rotatable bonds is 10. The summed E-state index contributed by atoms with van der Waals surface area (Å²) in [6, 6.07) is 6.51. The molecule has 0 spiro atoms. The van der Waals surface area contributed by atoms with Crippen LogP contribution >= 0.6 is 0 Å². The number of cyclic esters (lactones) is 1. The predicted molar refractivity (Wildman–Crippen MR) is 133 cm³/mol. The van der Waals surface area contributed by atoms with Crippen molar-refractivity contribution in [3.8, 4) is 11.5 Å². The number of aromatic hydroxyl groups is 1. The Balaban J connectivity index is 1.76. The molecular formula is C27H35FN2O7. The van der Waals surface area contributed by atoms with Crippen LogP contribution in [-0.2, 0) is 25.4 Å². The Labute approximate surface area is 216 Å². The first kappa shape index (κ1) is 28.3. The number of aromatic nitrogens is 1. The van der Waals surface area contributed by atoms with Crippen LogP contribution in [0.15, 0.2) is 36.5 Å². The van der Waals surface area contributed by atoms with Crippen molar-refractivity contribution in [3.63, 3.8) is 0 Å². The van der Waals surface area contributed by atoms with Crippen molar-refractivity contribution in [3.05, 3.63) is 53.6 Å². The van der Waals surface area contributed by atoms with Crippen molar-refractivity contribution in [1.29, 1.82) is 0 Å². The van der Waals surface area contributed by atoms with E-state index >= 15 is 0 Å². The fraction of sp³-hybridized carbons (Fsp3) is 0.519. The molecule has 2 heterocycles. The van der Waals surface area contributed by atoms with Gasteiger partial charge < -0.3 is 29.4 Å². The van der Waals surface area contributed by atoms with Crippen molar-refractivity contribution < 1.29 is 38.0 Å². The molecule has 1 saturated heterocycles. The number of amides is 1. The summed E-state index contributed by atoms with van der Waals surface area (Å²) in [5, 5.41) is 12.8. The summed E-state index contributed by atoms with van der Waals surface area (Å²) in [7, 11) is 1.35. The van der Waals surface area contributed by atoms with Gasteiger partial charge in [-0.25, -0.2) is 14.2 Å². The molecule has 1 aromatic heterocycles. The average molecular weight is 519 g/mol. The van der Waals surface area contributed by atoms with Gasteiger partial charge in [-0.05, 0) is 37.5 Å². The molecule has 202 valence electrons. The van der Waals surface area contributed by atoms with Gasteiger partial charge in [0.1, 0.15) is 11.9 Å². The largest absolute Gasteiger partial charge is 0.503 e. The molecule has 3 rings (SSSR count). The second-order valence-electron chi connectivity index (χ2n) is 9.05. The molecule has 0 aliphatic carbocycles. The zero-order valence-corrected chi connectivity index (χ0v) is 21.4. The van der Waals surface area contributed by atoms with E-state index in [1.54, 1.807) is 19.1 Å². The summed E-state index contributed by atoms with van der Waals surface area (Å²) in [6.07, 6.45) is 3.66. The van der Waals surface area contributed by atoms with Gasteiger partial charge in [-0.2, -0.15) is 0 Å². The molecule has 9 nitrogen and oxygen atoms in total. The Bertz CT molecular complexity index is 1030. The molecular weight excluding hydrogens is 483 g/mol. The van der Waals surface area contributed by atoms with E-state index < -0.39 is 35.9 Å². The number of hydrogen-bond donors (Lipinski definition) is 2. The molecule has 1 fully saturated rings. The van der Waals surface area contributed by atoms with Crippen LogP contribution in [0.1, 0.15) is 49.2 Å². The number of nitrogens with one attached hydrogen (secondary N) is 1. The Hall–Kier alpha value is -3.24. The number of methoxy groups -OCH3 is 1. The van der Waals surface area contributed by atoms with Gasteiger partial charge in [0.25, 0.3) is 5.91 Å². The fourth-order valence-corrected chi connectivity index (χ4v) is 4.25. The van der Waals surface area contributed by atoms with E-state index in [1.165, 1.54) is 31.5 Å². The maximum atomic E-state index is 13.4. The summed E-state index contributed by atoms with van der Waals surface area (Å²) in [5.74, 6) is -2.33. The van der Waals surface area contributed by atoms with Crippen LogP contribution in [0.3, 0.4) is 0 Å². The summed E-state index contributed by atoms with van der Waals surface area (Å²) in [6.45, 7) is 4.43. The van der Waals surface area contributed by atoms with Gasteiger partial charge in [0.2, 0.25) is 0 Å². The third-order valence-electron chi connectivity index (χ3n) is 6.23. The number of ether oxygens (including phenoxy) is 4. The first-order valence-corrected chi connectivity index (χ1v) is 12.5. The summed E-state index contributed by atoms with van der Waals surface area (Å²) in [4.78, 5) is 29.7. The molecule has 2 N–H and O–H groups in total. The predicted octanol–water partition coefficient (Wildman–Crippen LogP) is 3.43. The number of nitrogens with zero attached hydrogens (tertiary/aromatic N) is 1. The highest BCUT2D eigenvalue weighted by Crippen LogP contribution is 2.28.